The normalized spacial score (nSPS) is 17.9. The lowest BCUT2D eigenvalue weighted by Gasteiger charge is -2.24. The van der Waals surface area contributed by atoms with Crippen LogP contribution in [0.1, 0.15) is 26.1 Å². The summed E-state index contributed by atoms with van der Waals surface area (Å²) >= 11 is 0. The highest BCUT2D eigenvalue weighted by Crippen LogP contribution is 2.17. The molecule has 0 saturated carbocycles. The molecular weight excluding hydrogens is 254 g/mol. The largest absolute Gasteiger partial charge is 0.338 e. The molecule has 0 bridgehead atoms. The molecule has 1 aliphatic rings. The van der Waals surface area contributed by atoms with E-state index in [0.717, 1.165) is 25.2 Å². The second-order valence-electron chi connectivity index (χ2n) is 5.96. The van der Waals surface area contributed by atoms with Crippen molar-refractivity contribution >= 4 is 6.03 Å². The van der Waals surface area contributed by atoms with E-state index in [1.807, 2.05) is 12.4 Å². The van der Waals surface area contributed by atoms with Crippen LogP contribution in [0.15, 0.2) is 12.4 Å². The number of hydrogen-bond donors (Lipinski definition) is 2. The number of amides is 2. The molecule has 0 saturated heterocycles. The van der Waals surface area contributed by atoms with Gasteiger partial charge in [-0.2, -0.15) is 5.26 Å². The Bertz CT molecular complexity index is 514. The van der Waals surface area contributed by atoms with Crippen LogP contribution in [0.4, 0.5) is 4.79 Å². The second kappa shape index (κ2) is 5.95. The number of hydrogen-bond acceptors (Lipinski definition) is 3. The molecule has 1 aliphatic heterocycles. The monoisotopic (exact) mass is 275 g/mol. The molecule has 0 fully saturated rings. The molecule has 6 nitrogen and oxygen atoms in total. The third-order valence-electron chi connectivity index (χ3n) is 3.58. The molecule has 20 heavy (non-hydrogen) atoms. The first-order valence-electron chi connectivity index (χ1n) is 6.93. The molecule has 1 unspecified atom stereocenters. The minimum absolute atomic E-state index is 0.204. The number of nitriles is 1. The number of nitrogens with one attached hydrogen (secondary N) is 2. The van der Waals surface area contributed by atoms with E-state index < -0.39 is 5.41 Å². The van der Waals surface area contributed by atoms with Crippen molar-refractivity contribution < 1.29 is 4.79 Å². The van der Waals surface area contributed by atoms with E-state index in [2.05, 4.69) is 26.3 Å². The zero-order valence-corrected chi connectivity index (χ0v) is 12.0. The van der Waals surface area contributed by atoms with Gasteiger partial charge in [-0.3, -0.25) is 0 Å². The smallest absolute Gasteiger partial charge is 0.314 e. The molecule has 0 aromatic carbocycles. The number of rotatable bonds is 4. The first-order valence-corrected chi connectivity index (χ1v) is 6.93. The Balaban J connectivity index is 1.71. The van der Waals surface area contributed by atoms with Crippen molar-refractivity contribution in [3.63, 3.8) is 0 Å². The topological polar surface area (TPSA) is 82.7 Å². The maximum atomic E-state index is 11.7. The van der Waals surface area contributed by atoms with Crippen LogP contribution in [-0.2, 0) is 13.0 Å². The highest BCUT2D eigenvalue weighted by atomic mass is 16.2. The lowest BCUT2D eigenvalue weighted by Crippen LogP contribution is -2.43. The lowest BCUT2D eigenvalue weighted by molar-refractivity contribution is 0.233. The summed E-state index contributed by atoms with van der Waals surface area (Å²) in [4.78, 5) is 16.0. The third kappa shape index (κ3) is 3.73. The number of fused-ring (bicyclic) bond motifs is 1. The number of urea groups is 1. The first kappa shape index (κ1) is 14.4. The summed E-state index contributed by atoms with van der Waals surface area (Å²) in [6.45, 7) is 5.51. The Hall–Kier alpha value is -2.03. The van der Waals surface area contributed by atoms with Crippen molar-refractivity contribution in [2.45, 2.75) is 33.2 Å². The zero-order chi connectivity index (χ0) is 14.6. The molecule has 2 N–H and O–H groups in total. The number of imidazole rings is 1. The van der Waals surface area contributed by atoms with Crippen molar-refractivity contribution in [3.05, 3.63) is 18.2 Å². The maximum Gasteiger partial charge on any atom is 0.314 e. The van der Waals surface area contributed by atoms with Gasteiger partial charge in [-0.05, 0) is 26.2 Å². The van der Waals surface area contributed by atoms with Crippen molar-refractivity contribution in [2.75, 3.05) is 13.1 Å². The van der Waals surface area contributed by atoms with Crippen LogP contribution in [-0.4, -0.2) is 28.7 Å². The van der Waals surface area contributed by atoms with Gasteiger partial charge in [-0.25, -0.2) is 9.78 Å². The Morgan fingerprint density at radius 1 is 1.60 bits per heavy atom. The number of aryl methyl sites for hydroxylation is 1. The number of carbonyl (C=O) groups is 1. The molecule has 1 aromatic rings. The Morgan fingerprint density at radius 2 is 2.40 bits per heavy atom. The predicted molar refractivity (Wildman–Crippen MR) is 74.8 cm³/mol. The Labute approximate surface area is 119 Å². The van der Waals surface area contributed by atoms with Crippen molar-refractivity contribution in [1.29, 1.82) is 5.26 Å². The van der Waals surface area contributed by atoms with E-state index in [9.17, 15) is 4.79 Å². The molecule has 2 rings (SSSR count). The lowest BCUT2D eigenvalue weighted by atomic mass is 9.96. The standard InChI is InChI=1S/C14H21N5O/c1-14(2,9-15)10-18-13(20)17-7-11-3-4-12-16-5-6-19(12)8-11/h5-6,11H,3-4,7-8,10H2,1-2H3,(H2,17,18,20). The van der Waals surface area contributed by atoms with Gasteiger partial charge in [0.25, 0.3) is 0 Å². The molecule has 0 aliphatic carbocycles. The van der Waals surface area contributed by atoms with Crippen LogP contribution in [0.25, 0.3) is 0 Å². The van der Waals surface area contributed by atoms with Crippen molar-refractivity contribution in [1.82, 2.24) is 20.2 Å². The molecule has 0 spiro atoms. The summed E-state index contributed by atoms with van der Waals surface area (Å²) < 4.78 is 2.15. The van der Waals surface area contributed by atoms with E-state index in [0.29, 0.717) is 19.0 Å². The number of carbonyl (C=O) groups excluding carboxylic acids is 1. The van der Waals surface area contributed by atoms with Crippen LogP contribution in [0.2, 0.25) is 0 Å². The molecular formula is C14H21N5O. The summed E-state index contributed by atoms with van der Waals surface area (Å²) in [5.41, 5.74) is -0.534. The highest BCUT2D eigenvalue weighted by Gasteiger charge is 2.20. The minimum Gasteiger partial charge on any atom is -0.338 e. The fraction of sp³-hybridized carbons (Fsp3) is 0.643. The Kier molecular flexibility index (Phi) is 4.28. The molecule has 2 heterocycles. The van der Waals surface area contributed by atoms with Gasteiger partial charge >= 0.3 is 6.03 Å². The van der Waals surface area contributed by atoms with Gasteiger partial charge < -0.3 is 15.2 Å². The summed E-state index contributed by atoms with van der Waals surface area (Å²) in [6, 6.07) is 1.95. The fourth-order valence-corrected chi connectivity index (χ4v) is 2.24. The van der Waals surface area contributed by atoms with Gasteiger partial charge in [0, 0.05) is 38.4 Å². The van der Waals surface area contributed by atoms with Crippen LogP contribution >= 0.6 is 0 Å². The number of aromatic nitrogens is 2. The second-order valence-corrected chi connectivity index (χ2v) is 5.96. The van der Waals surface area contributed by atoms with Crippen LogP contribution in [0.3, 0.4) is 0 Å². The van der Waals surface area contributed by atoms with E-state index in [4.69, 9.17) is 5.26 Å². The van der Waals surface area contributed by atoms with Gasteiger partial charge in [0.05, 0.1) is 11.5 Å². The molecule has 1 atom stereocenters. The molecule has 0 radical (unpaired) electrons. The molecule has 108 valence electrons. The predicted octanol–water partition coefficient (Wildman–Crippen LogP) is 1.29. The van der Waals surface area contributed by atoms with E-state index in [-0.39, 0.29) is 6.03 Å². The van der Waals surface area contributed by atoms with Gasteiger partial charge in [0.2, 0.25) is 0 Å². The number of nitrogens with zero attached hydrogens (tertiary/aromatic N) is 3. The van der Waals surface area contributed by atoms with Crippen molar-refractivity contribution in [3.8, 4) is 6.07 Å². The fourth-order valence-electron chi connectivity index (χ4n) is 2.24. The van der Waals surface area contributed by atoms with Gasteiger partial charge in [-0.1, -0.05) is 0 Å². The van der Waals surface area contributed by atoms with Gasteiger partial charge in [-0.15, -0.1) is 0 Å². The Morgan fingerprint density at radius 3 is 3.15 bits per heavy atom. The average molecular weight is 275 g/mol. The molecule has 1 aromatic heterocycles. The van der Waals surface area contributed by atoms with E-state index in [1.54, 1.807) is 13.8 Å². The summed E-state index contributed by atoms with van der Waals surface area (Å²) in [5.74, 6) is 1.56. The highest BCUT2D eigenvalue weighted by molar-refractivity contribution is 5.73. The molecule has 6 heteroatoms. The quantitative estimate of drug-likeness (QED) is 0.868. The summed E-state index contributed by atoms with van der Waals surface area (Å²) in [5, 5.41) is 14.5. The summed E-state index contributed by atoms with van der Waals surface area (Å²) in [6.07, 6.45) is 5.81. The minimum atomic E-state index is -0.534. The average Bonchev–Trinajstić information content (AvgIpc) is 2.90. The SMILES string of the molecule is CC(C)(C#N)CNC(=O)NCC1CCc2nccn2C1. The van der Waals surface area contributed by atoms with Crippen molar-refractivity contribution in [2.24, 2.45) is 11.3 Å². The zero-order valence-electron chi connectivity index (χ0n) is 12.0. The van der Waals surface area contributed by atoms with Crippen LogP contribution < -0.4 is 10.6 Å². The van der Waals surface area contributed by atoms with E-state index >= 15 is 0 Å². The van der Waals surface area contributed by atoms with Crippen LogP contribution in [0, 0.1) is 22.7 Å². The van der Waals surface area contributed by atoms with Crippen LogP contribution in [0.5, 0.6) is 0 Å². The third-order valence-corrected chi connectivity index (χ3v) is 3.58. The van der Waals surface area contributed by atoms with E-state index in [1.165, 1.54) is 0 Å². The molecule has 2 amide bonds. The maximum absolute atomic E-state index is 11.7. The first-order chi connectivity index (χ1) is 9.50. The summed E-state index contributed by atoms with van der Waals surface area (Å²) in [7, 11) is 0. The van der Waals surface area contributed by atoms with Gasteiger partial charge in [0.15, 0.2) is 0 Å². The van der Waals surface area contributed by atoms with Gasteiger partial charge in [0.1, 0.15) is 5.82 Å².